The van der Waals surface area contributed by atoms with Gasteiger partial charge in [-0.05, 0) is 43.3 Å². The lowest BCUT2D eigenvalue weighted by molar-refractivity contribution is 0.0934. The number of fused-ring (bicyclic) bond motifs is 1. The lowest BCUT2D eigenvalue weighted by atomic mass is 10.0. The van der Waals surface area contributed by atoms with Crippen molar-refractivity contribution in [1.29, 1.82) is 0 Å². The first-order valence-corrected chi connectivity index (χ1v) is 10.6. The Kier molecular flexibility index (Phi) is 5.55. The third-order valence-corrected chi connectivity index (χ3v) is 6.81. The zero-order valence-corrected chi connectivity index (χ0v) is 16.1. The summed E-state index contributed by atoms with van der Waals surface area (Å²) in [5.74, 6) is 0.798. The smallest absolute Gasteiger partial charge is 0.251 e. The van der Waals surface area contributed by atoms with E-state index < -0.39 is 10.0 Å². The number of amides is 1. The van der Waals surface area contributed by atoms with Crippen LogP contribution in [0.3, 0.4) is 0 Å². The van der Waals surface area contributed by atoms with Crippen LogP contribution in [-0.2, 0) is 10.0 Å². The molecule has 0 fully saturated rings. The number of hydrogen-bond donors (Lipinski definition) is 2. The normalized spacial score (nSPS) is 16.6. The molecule has 2 aromatic carbocycles. The van der Waals surface area contributed by atoms with E-state index in [9.17, 15) is 13.2 Å². The van der Waals surface area contributed by atoms with Crippen LogP contribution in [0.1, 0.15) is 28.4 Å². The second-order valence-corrected chi connectivity index (χ2v) is 8.77. The summed E-state index contributed by atoms with van der Waals surface area (Å²) in [7, 11) is -1.03. The maximum Gasteiger partial charge on any atom is 0.251 e. The number of carbonyl (C=O) groups excluding carboxylic acids is 1. The van der Waals surface area contributed by atoms with Crippen molar-refractivity contribution in [3.63, 3.8) is 0 Å². The van der Waals surface area contributed by atoms with Gasteiger partial charge in [-0.2, -0.15) is 0 Å². The van der Waals surface area contributed by atoms with E-state index in [0.717, 1.165) is 22.6 Å². The van der Waals surface area contributed by atoms with Crippen LogP contribution in [0.2, 0.25) is 0 Å². The molecule has 0 saturated carbocycles. The van der Waals surface area contributed by atoms with Gasteiger partial charge in [0.1, 0.15) is 10.6 Å². The Morgan fingerprint density at radius 1 is 1.23 bits per heavy atom. The maximum absolute atomic E-state index is 12.7. The number of thioether (sulfide) groups is 1. The van der Waals surface area contributed by atoms with Crippen molar-refractivity contribution >= 4 is 27.7 Å². The van der Waals surface area contributed by atoms with Crippen LogP contribution in [-0.4, -0.2) is 34.2 Å². The van der Waals surface area contributed by atoms with Gasteiger partial charge in [0.05, 0.1) is 13.2 Å². The van der Waals surface area contributed by atoms with Crippen LogP contribution >= 0.6 is 11.8 Å². The van der Waals surface area contributed by atoms with E-state index in [-0.39, 0.29) is 28.2 Å². The molecule has 3 rings (SSSR count). The molecule has 0 aromatic heterocycles. The molecule has 0 unspecified atom stereocenters. The summed E-state index contributed by atoms with van der Waals surface area (Å²) in [5, 5.41) is 3.02. The second kappa shape index (κ2) is 7.69. The predicted molar refractivity (Wildman–Crippen MR) is 101 cm³/mol. The molecule has 8 heteroatoms. The fourth-order valence-corrected chi connectivity index (χ4v) is 4.91. The summed E-state index contributed by atoms with van der Waals surface area (Å²) in [6, 6.07) is 12.3. The van der Waals surface area contributed by atoms with Crippen molar-refractivity contribution < 1.29 is 17.9 Å². The SMILES string of the molecule is CNS(=O)(=O)c1cc(C(=O)N[C@@H]2CCSc3ccccc32)ccc1OC. The monoisotopic (exact) mass is 392 g/mol. The van der Waals surface area contributed by atoms with Gasteiger partial charge in [-0.1, -0.05) is 18.2 Å². The number of ether oxygens (including phenoxy) is 1. The number of hydrogen-bond acceptors (Lipinski definition) is 5. The molecule has 1 atom stereocenters. The van der Waals surface area contributed by atoms with E-state index in [0.29, 0.717) is 0 Å². The van der Waals surface area contributed by atoms with Gasteiger partial charge in [0.2, 0.25) is 10.0 Å². The van der Waals surface area contributed by atoms with Gasteiger partial charge in [-0.3, -0.25) is 4.79 Å². The zero-order valence-electron chi connectivity index (χ0n) is 14.5. The van der Waals surface area contributed by atoms with Crippen LogP contribution < -0.4 is 14.8 Å². The Balaban J connectivity index is 1.89. The predicted octanol–water partition coefficient (Wildman–Crippen LogP) is 2.57. The van der Waals surface area contributed by atoms with Crippen molar-refractivity contribution in [1.82, 2.24) is 10.0 Å². The average Bonchev–Trinajstić information content (AvgIpc) is 2.67. The van der Waals surface area contributed by atoms with Gasteiger partial charge >= 0.3 is 0 Å². The molecule has 0 spiro atoms. The highest BCUT2D eigenvalue weighted by atomic mass is 32.2. The summed E-state index contributed by atoms with van der Waals surface area (Å²) >= 11 is 1.77. The molecule has 1 aliphatic heterocycles. The molecular weight excluding hydrogens is 372 g/mol. The summed E-state index contributed by atoms with van der Waals surface area (Å²) in [5.41, 5.74) is 1.36. The molecule has 26 heavy (non-hydrogen) atoms. The lowest BCUT2D eigenvalue weighted by Crippen LogP contribution is -2.31. The highest BCUT2D eigenvalue weighted by Crippen LogP contribution is 2.36. The molecule has 138 valence electrons. The Morgan fingerprint density at radius 2 is 2.00 bits per heavy atom. The molecule has 1 heterocycles. The summed E-state index contributed by atoms with van der Waals surface area (Å²) < 4.78 is 31.7. The summed E-state index contributed by atoms with van der Waals surface area (Å²) in [4.78, 5) is 13.8. The van der Waals surface area contributed by atoms with Crippen molar-refractivity contribution in [3.8, 4) is 5.75 Å². The Bertz CT molecular complexity index is 929. The highest BCUT2D eigenvalue weighted by Gasteiger charge is 2.24. The first kappa shape index (κ1) is 18.8. The standard InChI is InChI=1S/C18H20N2O4S2/c1-19-26(22,23)17-11-12(7-8-15(17)24-2)18(21)20-14-9-10-25-16-6-4-3-5-13(14)16/h3-8,11,14,19H,9-10H2,1-2H3,(H,20,21)/t14-/m1/s1. The number of methoxy groups -OCH3 is 1. The minimum atomic E-state index is -3.74. The molecular formula is C18H20N2O4S2. The van der Waals surface area contributed by atoms with E-state index in [1.54, 1.807) is 17.8 Å². The lowest BCUT2D eigenvalue weighted by Gasteiger charge is -2.26. The number of sulfonamides is 1. The quantitative estimate of drug-likeness (QED) is 0.817. The van der Waals surface area contributed by atoms with Crippen molar-refractivity contribution in [2.24, 2.45) is 0 Å². The van der Waals surface area contributed by atoms with Crippen molar-refractivity contribution in [2.45, 2.75) is 22.3 Å². The zero-order chi connectivity index (χ0) is 18.7. The molecule has 1 aliphatic rings. The number of rotatable bonds is 5. The number of nitrogens with one attached hydrogen (secondary N) is 2. The average molecular weight is 393 g/mol. The van der Waals surface area contributed by atoms with Gasteiger partial charge in [-0.25, -0.2) is 13.1 Å². The van der Waals surface area contributed by atoms with Gasteiger partial charge in [0.15, 0.2) is 0 Å². The van der Waals surface area contributed by atoms with E-state index in [1.165, 1.54) is 26.3 Å². The van der Waals surface area contributed by atoms with Gasteiger partial charge in [-0.15, -0.1) is 11.8 Å². The van der Waals surface area contributed by atoms with Crippen molar-refractivity contribution in [2.75, 3.05) is 19.9 Å². The first-order valence-electron chi connectivity index (χ1n) is 8.10. The van der Waals surface area contributed by atoms with Crippen LogP contribution in [0.25, 0.3) is 0 Å². The van der Waals surface area contributed by atoms with E-state index in [4.69, 9.17) is 4.74 Å². The Morgan fingerprint density at radius 3 is 2.73 bits per heavy atom. The number of benzene rings is 2. The Hall–Kier alpha value is -2.03. The first-order chi connectivity index (χ1) is 12.5. The molecule has 0 saturated heterocycles. The fraction of sp³-hybridized carbons (Fsp3) is 0.278. The van der Waals surface area contributed by atoms with E-state index >= 15 is 0 Å². The van der Waals surface area contributed by atoms with E-state index in [2.05, 4.69) is 10.0 Å². The van der Waals surface area contributed by atoms with Crippen molar-refractivity contribution in [3.05, 3.63) is 53.6 Å². The summed E-state index contributed by atoms with van der Waals surface area (Å²) in [6.07, 6.45) is 0.825. The number of carbonyl (C=O) groups is 1. The van der Waals surface area contributed by atoms with Gasteiger partial charge < -0.3 is 10.1 Å². The largest absolute Gasteiger partial charge is 0.495 e. The topological polar surface area (TPSA) is 84.5 Å². The molecule has 0 aliphatic carbocycles. The van der Waals surface area contributed by atoms with E-state index in [1.807, 2.05) is 24.3 Å². The second-order valence-electron chi connectivity index (χ2n) is 5.77. The maximum atomic E-state index is 12.7. The van der Waals surface area contributed by atoms with Crippen LogP contribution in [0.5, 0.6) is 5.75 Å². The Labute approximate surface area is 157 Å². The molecule has 2 aromatic rings. The fourth-order valence-electron chi connectivity index (χ4n) is 2.87. The molecule has 2 N–H and O–H groups in total. The minimum absolute atomic E-state index is 0.0604. The molecule has 6 nitrogen and oxygen atoms in total. The van der Waals surface area contributed by atoms with Crippen LogP contribution in [0.4, 0.5) is 0 Å². The van der Waals surface area contributed by atoms with Crippen LogP contribution in [0.15, 0.2) is 52.3 Å². The third kappa shape index (κ3) is 3.72. The highest BCUT2D eigenvalue weighted by molar-refractivity contribution is 7.99. The minimum Gasteiger partial charge on any atom is -0.495 e. The molecule has 0 radical (unpaired) electrons. The van der Waals surface area contributed by atoms with Gasteiger partial charge in [0.25, 0.3) is 5.91 Å². The molecule has 0 bridgehead atoms. The third-order valence-electron chi connectivity index (χ3n) is 4.25. The summed E-state index contributed by atoms with van der Waals surface area (Å²) in [6.45, 7) is 0. The van der Waals surface area contributed by atoms with Crippen LogP contribution in [0, 0.1) is 0 Å². The van der Waals surface area contributed by atoms with Gasteiger partial charge in [0, 0.05) is 16.2 Å². The molecule has 1 amide bonds.